The molecule has 0 spiro atoms. The molecule has 0 amide bonds. The third-order valence-corrected chi connectivity index (χ3v) is 2.55. The zero-order chi connectivity index (χ0) is 12.0. The Morgan fingerprint density at radius 2 is 2.25 bits per heavy atom. The molecule has 1 heterocycles. The predicted molar refractivity (Wildman–Crippen MR) is 61.7 cm³/mol. The van der Waals surface area contributed by atoms with Crippen LogP contribution in [0.15, 0.2) is 23.4 Å². The lowest BCUT2D eigenvalue weighted by atomic mass is 9.89. The Balaban J connectivity index is 2.35. The van der Waals surface area contributed by atoms with E-state index in [-0.39, 0.29) is 11.0 Å². The van der Waals surface area contributed by atoms with Crippen molar-refractivity contribution in [3.8, 4) is 6.07 Å². The molecule has 86 valence electrons. The lowest BCUT2D eigenvalue weighted by molar-refractivity contribution is 0.415. The largest absolute Gasteiger partial charge is 0.299 e. The van der Waals surface area contributed by atoms with E-state index < -0.39 is 0 Å². The molecule has 0 radical (unpaired) electrons. The number of aromatic nitrogens is 2. The van der Waals surface area contributed by atoms with Crippen LogP contribution in [0.4, 0.5) is 0 Å². The summed E-state index contributed by atoms with van der Waals surface area (Å²) in [4.78, 5) is 15.2. The summed E-state index contributed by atoms with van der Waals surface area (Å²) < 4.78 is 1.60. The van der Waals surface area contributed by atoms with Crippen LogP contribution in [0, 0.1) is 16.7 Å². The number of aryl methyl sites for hydroxylation is 1. The molecule has 0 saturated heterocycles. The second-order valence-electron chi connectivity index (χ2n) is 4.56. The highest BCUT2D eigenvalue weighted by molar-refractivity contribution is 4.91. The second-order valence-corrected chi connectivity index (χ2v) is 4.56. The van der Waals surface area contributed by atoms with Gasteiger partial charge in [-0.3, -0.25) is 9.36 Å². The van der Waals surface area contributed by atoms with E-state index in [0.29, 0.717) is 6.54 Å². The number of unbranched alkanes of at least 4 members (excludes halogenated alkanes) is 1. The van der Waals surface area contributed by atoms with Crippen molar-refractivity contribution in [2.75, 3.05) is 0 Å². The van der Waals surface area contributed by atoms with Gasteiger partial charge in [-0.15, -0.1) is 0 Å². The molecule has 0 bridgehead atoms. The zero-order valence-corrected chi connectivity index (χ0v) is 9.81. The van der Waals surface area contributed by atoms with Crippen LogP contribution >= 0.6 is 0 Å². The van der Waals surface area contributed by atoms with Crippen LogP contribution in [0.5, 0.6) is 0 Å². The molecule has 1 rings (SSSR count). The molecular formula is C12H17N3O. The van der Waals surface area contributed by atoms with Gasteiger partial charge in [0.25, 0.3) is 5.56 Å². The molecule has 0 unspecified atom stereocenters. The van der Waals surface area contributed by atoms with Crippen molar-refractivity contribution >= 4 is 0 Å². The molecule has 1 aromatic heterocycles. The molecule has 0 aliphatic heterocycles. The molecule has 1 aromatic rings. The van der Waals surface area contributed by atoms with Gasteiger partial charge in [0.2, 0.25) is 0 Å². The van der Waals surface area contributed by atoms with Crippen molar-refractivity contribution in [3.05, 3.63) is 28.9 Å². The number of hydrogen-bond donors (Lipinski definition) is 0. The average molecular weight is 219 g/mol. The van der Waals surface area contributed by atoms with E-state index in [1.54, 1.807) is 10.9 Å². The third-order valence-electron chi connectivity index (χ3n) is 2.55. The van der Waals surface area contributed by atoms with E-state index in [0.717, 1.165) is 19.3 Å². The fourth-order valence-corrected chi connectivity index (χ4v) is 1.45. The lowest BCUT2D eigenvalue weighted by Gasteiger charge is -2.14. The standard InChI is InChI=1S/C12H17N3O/c1-12(2,9-13)6-3-4-8-15-10-14-7-5-11(15)16/h5,7,10H,3-4,6,8H2,1-2H3. The van der Waals surface area contributed by atoms with E-state index in [9.17, 15) is 4.79 Å². The maximum absolute atomic E-state index is 11.3. The van der Waals surface area contributed by atoms with Gasteiger partial charge in [-0.2, -0.15) is 5.26 Å². The Morgan fingerprint density at radius 3 is 2.88 bits per heavy atom. The van der Waals surface area contributed by atoms with E-state index in [1.165, 1.54) is 12.3 Å². The monoisotopic (exact) mass is 219 g/mol. The molecule has 0 N–H and O–H groups in total. The minimum Gasteiger partial charge on any atom is -0.299 e. The molecule has 0 fully saturated rings. The Labute approximate surface area is 95.6 Å². The van der Waals surface area contributed by atoms with Crippen LogP contribution in [-0.2, 0) is 6.54 Å². The Morgan fingerprint density at radius 1 is 1.50 bits per heavy atom. The minimum atomic E-state index is -0.264. The normalized spacial score (nSPS) is 11.1. The number of rotatable bonds is 5. The van der Waals surface area contributed by atoms with Crippen molar-refractivity contribution in [1.29, 1.82) is 5.26 Å². The minimum absolute atomic E-state index is 0.0189. The summed E-state index contributed by atoms with van der Waals surface area (Å²) in [6.07, 6.45) is 5.76. The average Bonchev–Trinajstić information content (AvgIpc) is 2.27. The van der Waals surface area contributed by atoms with Gasteiger partial charge in [0.05, 0.1) is 17.8 Å². The van der Waals surface area contributed by atoms with Gasteiger partial charge >= 0.3 is 0 Å². The molecule has 16 heavy (non-hydrogen) atoms. The first kappa shape index (κ1) is 12.4. The summed E-state index contributed by atoms with van der Waals surface area (Å²) >= 11 is 0. The first-order valence-corrected chi connectivity index (χ1v) is 5.47. The zero-order valence-electron chi connectivity index (χ0n) is 9.81. The van der Waals surface area contributed by atoms with E-state index in [1.807, 2.05) is 13.8 Å². The fourth-order valence-electron chi connectivity index (χ4n) is 1.45. The summed E-state index contributed by atoms with van der Waals surface area (Å²) in [5.41, 5.74) is -0.283. The van der Waals surface area contributed by atoms with Crippen molar-refractivity contribution < 1.29 is 0 Å². The smallest absolute Gasteiger partial charge is 0.253 e. The van der Waals surface area contributed by atoms with Crippen molar-refractivity contribution in [2.24, 2.45) is 5.41 Å². The summed E-state index contributed by atoms with van der Waals surface area (Å²) in [6.45, 7) is 4.54. The molecule has 0 saturated carbocycles. The SMILES string of the molecule is CC(C)(C#N)CCCCn1cnccc1=O. The molecule has 0 aliphatic carbocycles. The van der Waals surface area contributed by atoms with Crippen LogP contribution in [0.3, 0.4) is 0 Å². The number of hydrogen-bond acceptors (Lipinski definition) is 3. The van der Waals surface area contributed by atoms with Gasteiger partial charge in [0.15, 0.2) is 0 Å². The molecule has 0 aromatic carbocycles. The highest BCUT2D eigenvalue weighted by Crippen LogP contribution is 2.21. The molecule has 4 nitrogen and oxygen atoms in total. The first-order valence-electron chi connectivity index (χ1n) is 5.47. The van der Waals surface area contributed by atoms with Gasteiger partial charge in [0, 0.05) is 18.8 Å². The van der Waals surface area contributed by atoms with Crippen molar-refractivity contribution in [2.45, 2.75) is 39.7 Å². The highest BCUT2D eigenvalue weighted by Gasteiger charge is 2.15. The summed E-state index contributed by atoms with van der Waals surface area (Å²) in [7, 11) is 0. The van der Waals surface area contributed by atoms with Gasteiger partial charge < -0.3 is 0 Å². The van der Waals surface area contributed by atoms with Gasteiger partial charge in [0.1, 0.15) is 0 Å². The summed E-state index contributed by atoms with van der Waals surface area (Å²) in [5.74, 6) is 0. The maximum atomic E-state index is 11.3. The van der Waals surface area contributed by atoms with Crippen LogP contribution in [0.1, 0.15) is 33.1 Å². The molecule has 0 aliphatic rings. The van der Waals surface area contributed by atoms with Gasteiger partial charge in [-0.05, 0) is 26.7 Å². The van der Waals surface area contributed by atoms with Gasteiger partial charge in [-0.25, -0.2) is 4.98 Å². The number of nitriles is 1. The Hall–Kier alpha value is -1.63. The Kier molecular flexibility index (Phi) is 4.24. The molecule has 4 heteroatoms. The second kappa shape index (κ2) is 5.45. The lowest BCUT2D eigenvalue weighted by Crippen LogP contribution is -2.19. The topological polar surface area (TPSA) is 58.7 Å². The summed E-state index contributed by atoms with van der Waals surface area (Å²) in [5, 5.41) is 8.84. The van der Waals surface area contributed by atoms with E-state index in [2.05, 4.69) is 11.1 Å². The summed E-state index contributed by atoms with van der Waals surface area (Å²) in [6, 6.07) is 3.73. The van der Waals surface area contributed by atoms with Crippen molar-refractivity contribution in [1.82, 2.24) is 9.55 Å². The first-order chi connectivity index (χ1) is 7.55. The number of nitrogens with zero attached hydrogens (tertiary/aromatic N) is 3. The van der Waals surface area contributed by atoms with Gasteiger partial charge in [-0.1, -0.05) is 6.42 Å². The quantitative estimate of drug-likeness (QED) is 0.711. The van der Waals surface area contributed by atoms with E-state index >= 15 is 0 Å². The van der Waals surface area contributed by atoms with Crippen LogP contribution < -0.4 is 5.56 Å². The molecular weight excluding hydrogens is 202 g/mol. The van der Waals surface area contributed by atoms with Crippen molar-refractivity contribution in [3.63, 3.8) is 0 Å². The predicted octanol–water partition coefficient (Wildman–Crippen LogP) is 1.96. The maximum Gasteiger partial charge on any atom is 0.253 e. The molecule has 0 atom stereocenters. The van der Waals surface area contributed by atoms with Crippen LogP contribution in [-0.4, -0.2) is 9.55 Å². The fraction of sp³-hybridized carbons (Fsp3) is 0.583. The third kappa shape index (κ3) is 3.85. The van der Waals surface area contributed by atoms with Crippen LogP contribution in [0.2, 0.25) is 0 Å². The Bertz CT molecular complexity index is 428. The van der Waals surface area contributed by atoms with Crippen LogP contribution in [0.25, 0.3) is 0 Å². The van der Waals surface area contributed by atoms with E-state index in [4.69, 9.17) is 5.26 Å². The highest BCUT2D eigenvalue weighted by atomic mass is 16.1.